The van der Waals surface area contributed by atoms with Crippen LogP contribution in [-0.4, -0.2) is 24.5 Å². The van der Waals surface area contributed by atoms with Gasteiger partial charge < -0.3 is 4.90 Å². The average molecular weight is 167 g/mol. The highest BCUT2D eigenvalue weighted by atomic mass is 15.2. The van der Waals surface area contributed by atoms with Gasteiger partial charge >= 0.3 is 0 Å². The Hall–Kier alpha value is -0.0400. The van der Waals surface area contributed by atoms with Crippen molar-refractivity contribution in [3.63, 3.8) is 0 Å². The molecule has 0 bridgehead atoms. The highest BCUT2D eigenvalue weighted by Gasteiger charge is 2.47. The fourth-order valence-corrected chi connectivity index (χ4v) is 2.91. The monoisotopic (exact) mass is 167 g/mol. The fraction of sp³-hybridized carbons (Fsp3) is 1.00. The van der Waals surface area contributed by atoms with Gasteiger partial charge in [0, 0.05) is 12.6 Å². The number of nitrogens with zero attached hydrogens (tertiary/aromatic N) is 1. The van der Waals surface area contributed by atoms with Gasteiger partial charge in [0.2, 0.25) is 0 Å². The summed E-state index contributed by atoms with van der Waals surface area (Å²) in [6.45, 7) is 8.53. The maximum Gasteiger partial charge on any atom is 0.0136 e. The smallest absolute Gasteiger partial charge is 0.0136 e. The van der Waals surface area contributed by atoms with Gasteiger partial charge in [0.25, 0.3) is 0 Å². The van der Waals surface area contributed by atoms with E-state index in [1.54, 1.807) is 0 Å². The molecule has 0 N–H and O–H groups in total. The molecule has 3 atom stereocenters. The van der Waals surface area contributed by atoms with E-state index in [2.05, 4.69) is 32.7 Å². The van der Waals surface area contributed by atoms with Crippen LogP contribution < -0.4 is 0 Å². The minimum absolute atomic E-state index is 0.540. The van der Waals surface area contributed by atoms with Crippen LogP contribution in [0.1, 0.15) is 33.6 Å². The van der Waals surface area contributed by atoms with Crippen LogP contribution in [0.15, 0.2) is 0 Å². The molecular weight excluding hydrogens is 146 g/mol. The van der Waals surface area contributed by atoms with E-state index in [-0.39, 0.29) is 0 Å². The van der Waals surface area contributed by atoms with Gasteiger partial charge in [-0.2, -0.15) is 0 Å². The first kappa shape index (κ1) is 8.55. The topological polar surface area (TPSA) is 3.24 Å². The molecule has 1 saturated heterocycles. The van der Waals surface area contributed by atoms with E-state index >= 15 is 0 Å². The van der Waals surface area contributed by atoms with Gasteiger partial charge in [0.1, 0.15) is 0 Å². The lowest BCUT2D eigenvalue weighted by Crippen LogP contribution is -2.50. The van der Waals surface area contributed by atoms with Crippen molar-refractivity contribution in [3.05, 3.63) is 0 Å². The van der Waals surface area contributed by atoms with Crippen LogP contribution >= 0.6 is 0 Å². The number of fused-ring (bicyclic) bond motifs is 1. The van der Waals surface area contributed by atoms with Crippen LogP contribution in [0.3, 0.4) is 0 Å². The van der Waals surface area contributed by atoms with Crippen molar-refractivity contribution in [2.45, 2.75) is 39.7 Å². The Morgan fingerprint density at radius 1 is 1.17 bits per heavy atom. The molecule has 0 aromatic rings. The molecule has 1 saturated carbocycles. The SMILES string of the molecule is CN1C[C@@H]2CC(C(C)(C)C)C[C@@H]21. The van der Waals surface area contributed by atoms with Crippen LogP contribution in [0.2, 0.25) is 0 Å². The zero-order chi connectivity index (χ0) is 8.93. The molecule has 0 aromatic heterocycles. The first-order valence-electron chi connectivity index (χ1n) is 5.18. The van der Waals surface area contributed by atoms with E-state index in [1.807, 2.05) is 0 Å². The highest BCUT2D eigenvalue weighted by molar-refractivity contribution is 5.00. The molecule has 12 heavy (non-hydrogen) atoms. The predicted molar refractivity (Wildman–Crippen MR) is 52.1 cm³/mol. The Morgan fingerprint density at radius 2 is 1.83 bits per heavy atom. The van der Waals surface area contributed by atoms with Gasteiger partial charge in [-0.05, 0) is 37.1 Å². The molecule has 0 amide bonds. The Kier molecular flexibility index (Phi) is 1.76. The lowest BCUT2D eigenvalue weighted by atomic mass is 9.79. The first-order chi connectivity index (χ1) is 5.48. The third kappa shape index (κ3) is 1.19. The van der Waals surface area contributed by atoms with Crippen molar-refractivity contribution >= 4 is 0 Å². The van der Waals surface area contributed by atoms with Crippen molar-refractivity contribution in [1.82, 2.24) is 4.90 Å². The minimum atomic E-state index is 0.540. The second kappa shape index (κ2) is 2.47. The summed E-state index contributed by atoms with van der Waals surface area (Å²) in [5, 5.41) is 0. The van der Waals surface area contributed by atoms with E-state index in [0.29, 0.717) is 5.41 Å². The molecule has 2 rings (SSSR count). The van der Waals surface area contributed by atoms with Crippen molar-refractivity contribution < 1.29 is 0 Å². The third-order valence-electron chi connectivity index (χ3n) is 3.97. The summed E-state index contributed by atoms with van der Waals surface area (Å²) in [5.74, 6) is 2.01. The Labute approximate surface area is 76.1 Å². The summed E-state index contributed by atoms with van der Waals surface area (Å²) in [4.78, 5) is 2.52. The van der Waals surface area contributed by atoms with E-state index < -0.39 is 0 Å². The first-order valence-corrected chi connectivity index (χ1v) is 5.18. The lowest BCUT2D eigenvalue weighted by molar-refractivity contribution is 0.0678. The van der Waals surface area contributed by atoms with Gasteiger partial charge in [-0.25, -0.2) is 0 Å². The molecule has 1 heterocycles. The summed E-state index contributed by atoms with van der Waals surface area (Å²) < 4.78 is 0. The van der Waals surface area contributed by atoms with Crippen molar-refractivity contribution in [2.75, 3.05) is 13.6 Å². The molecule has 1 heteroatoms. The molecular formula is C11H21N. The van der Waals surface area contributed by atoms with Crippen LogP contribution in [0.4, 0.5) is 0 Å². The van der Waals surface area contributed by atoms with E-state index in [1.165, 1.54) is 19.4 Å². The number of hydrogen-bond donors (Lipinski definition) is 0. The summed E-state index contributed by atoms with van der Waals surface area (Å²) in [6.07, 6.45) is 2.93. The Balaban J connectivity index is 1.99. The van der Waals surface area contributed by atoms with Crippen LogP contribution in [0, 0.1) is 17.3 Å². The second-order valence-corrected chi connectivity index (χ2v) is 5.80. The summed E-state index contributed by atoms with van der Waals surface area (Å²) in [5.41, 5.74) is 0.540. The van der Waals surface area contributed by atoms with E-state index in [9.17, 15) is 0 Å². The van der Waals surface area contributed by atoms with Crippen LogP contribution in [0.5, 0.6) is 0 Å². The third-order valence-corrected chi connectivity index (χ3v) is 3.97. The average Bonchev–Trinajstić information content (AvgIpc) is 2.24. The molecule has 1 aliphatic carbocycles. The van der Waals surface area contributed by atoms with Crippen molar-refractivity contribution in [2.24, 2.45) is 17.3 Å². The maximum atomic E-state index is 2.52. The quantitative estimate of drug-likeness (QED) is 0.535. The van der Waals surface area contributed by atoms with Crippen molar-refractivity contribution in [1.29, 1.82) is 0 Å². The van der Waals surface area contributed by atoms with E-state index in [0.717, 1.165) is 17.9 Å². The van der Waals surface area contributed by atoms with Crippen molar-refractivity contribution in [3.8, 4) is 0 Å². The lowest BCUT2D eigenvalue weighted by Gasteiger charge is -2.41. The zero-order valence-corrected chi connectivity index (χ0v) is 8.80. The molecule has 1 nitrogen and oxygen atoms in total. The normalized spacial score (nSPS) is 42.5. The van der Waals surface area contributed by atoms with Gasteiger partial charge in [-0.15, -0.1) is 0 Å². The summed E-state index contributed by atoms with van der Waals surface area (Å²) >= 11 is 0. The van der Waals surface area contributed by atoms with Gasteiger partial charge in [-0.3, -0.25) is 0 Å². The number of rotatable bonds is 0. The standard InChI is InChI=1S/C11H21N/c1-11(2,3)9-5-8-7-12(4)10(8)6-9/h8-10H,5-7H2,1-4H3/t8-,9?,10-/m0/s1. The molecule has 0 aromatic carbocycles. The molecule has 2 fully saturated rings. The Morgan fingerprint density at radius 3 is 2.25 bits per heavy atom. The summed E-state index contributed by atoms with van der Waals surface area (Å²) in [6, 6.07) is 0.939. The van der Waals surface area contributed by atoms with Gasteiger partial charge in [0.05, 0.1) is 0 Å². The largest absolute Gasteiger partial charge is 0.303 e. The summed E-state index contributed by atoms with van der Waals surface area (Å²) in [7, 11) is 2.27. The second-order valence-electron chi connectivity index (χ2n) is 5.80. The zero-order valence-electron chi connectivity index (χ0n) is 8.80. The van der Waals surface area contributed by atoms with Crippen LogP contribution in [0.25, 0.3) is 0 Å². The van der Waals surface area contributed by atoms with Gasteiger partial charge in [0.15, 0.2) is 0 Å². The number of hydrogen-bond acceptors (Lipinski definition) is 1. The molecule has 0 spiro atoms. The molecule has 70 valence electrons. The fourth-order valence-electron chi connectivity index (χ4n) is 2.91. The molecule has 1 unspecified atom stereocenters. The molecule has 1 aliphatic heterocycles. The molecule has 0 radical (unpaired) electrons. The Bertz CT molecular complexity index is 180. The van der Waals surface area contributed by atoms with Gasteiger partial charge in [-0.1, -0.05) is 20.8 Å². The van der Waals surface area contributed by atoms with E-state index in [4.69, 9.17) is 0 Å². The predicted octanol–water partition coefficient (Wildman–Crippen LogP) is 2.37. The number of likely N-dealkylation sites (tertiary alicyclic amines) is 1. The van der Waals surface area contributed by atoms with Crippen LogP contribution in [-0.2, 0) is 0 Å². The highest BCUT2D eigenvalue weighted by Crippen LogP contribution is 2.48. The minimum Gasteiger partial charge on any atom is -0.303 e. The maximum absolute atomic E-state index is 2.52. The molecule has 2 aliphatic rings.